The molecule has 3 rings (SSSR count). The molecule has 0 bridgehead atoms. The Morgan fingerprint density at radius 1 is 1.33 bits per heavy atom. The lowest BCUT2D eigenvalue weighted by atomic mass is 10.1. The molecule has 0 spiro atoms. The van der Waals surface area contributed by atoms with Crippen molar-refractivity contribution in [2.24, 2.45) is 5.10 Å². The van der Waals surface area contributed by atoms with E-state index in [-0.39, 0.29) is 30.5 Å². The first-order valence-corrected chi connectivity index (χ1v) is 7.33. The molecule has 2 aliphatic heterocycles. The van der Waals surface area contributed by atoms with Gasteiger partial charge >= 0.3 is 0 Å². The Kier molecular flexibility index (Phi) is 4.87. The number of morpholine rings is 1. The minimum atomic E-state index is -0.543. The van der Waals surface area contributed by atoms with Crippen LogP contribution in [0.5, 0.6) is 11.5 Å². The summed E-state index contributed by atoms with van der Waals surface area (Å²) < 4.78 is 15.5. The summed E-state index contributed by atoms with van der Waals surface area (Å²) in [5.74, 6) is 0.424. The molecule has 1 aromatic carbocycles. The summed E-state index contributed by atoms with van der Waals surface area (Å²) in [5, 5.41) is 14.9. The van der Waals surface area contributed by atoms with Gasteiger partial charge in [0.2, 0.25) is 6.79 Å². The Labute approximate surface area is 137 Å². The van der Waals surface area contributed by atoms with Crippen molar-refractivity contribution < 1.29 is 23.9 Å². The third kappa shape index (κ3) is 3.78. The van der Waals surface area contributed by atoms with Crippen molar-refractivity contribution in [3.63, 3.8) is 0 Å². The molecule has 24 heavy (non-hydrogen) atoms. The Morgan fingerprint density at radius 3 is 2.75 bits per heavy atom. The van der Waals surface area contributed by atoms with Gasteiger partial charge in [0.25, 0.3) is 11.6 Å². The Bertz CT molecular complexity index is 671. The molecular formula is C14H16N4O6. The number of nitrogens with one attached hydrogen (secondary N) is 1. The number of amides is 1. The summed E-state index contributed by atoms with van der Waals surface area (Å²) in [5.41, 5.74) is 2.41. The van der Waals surface area contributed by atoms with E-state index in [1.165, 1.54) is 18.3 Å². The van der Waals surface area contributed by atoms with Crippen LogP contribution in [0.4, 0.5) is 5.69 Å². The van der Waals surface area contributed by atoms with E-state index in [0.717, 1.165) is 0 Å². The lowest BCUT2D eigenvalue weighted by molar-refractivity contribution is -0.385. The topological polar surface area (TPSA) is 116 Å². The molecule has 10 nitrogen and oxygen atoms in total. The second-order valence-corrected chi connectivity index (χ2v) is 5.20. The van der Waals surface area contributed by atoms with Crippen molar-refractivity contribution in [2.45, 2.75) is 0 Å². The fourth-order valence-electron chi connectivity index (χ4n) is 2.38. The van der Waals surface area contributed by atoms with Crippen LogP contribution in [0.15, 0.2) is 17.2 Å². The number of hydrazone groups is 1. The van der Waals surface area contributed by atoms with Crippen LogP contribution in [-0.4, -0.2) is 61.6 Å². The van der Waals surface area contributed by atoms with Gasteiger partial charge in [-0.1, -0.05) is 0 Å². The standard InChI is InChI=1S/C14H16N4O6/c19-14(8-17-1-3-22-4-2-17)16-15-7-10-5-12-13(24-9-23-12)6-11(10)18(20)21/h5-7H,1-4,8-9H2,(H,16,19)/b15-7-. The van der Waals surface area contributed by atoms with Crippen LogP contribution in [0.2, 0.25) is 0 Å². The molecule has 0 radical (unpaired) electrons. The molecule has 128 valence electrons. The summed E-state index contributed by atoms with van der Waals surface area (Å²) >= 11 is 0. The largest absolute Gasteiger partial charge is 0.454 e. The van der Waals surface area contributed by atoms with Gasteiger partial charge in [0.1, 0.15) is 0 Å². The molecule has 2 aliphatic rings. The lowest BCUT2D eigenvalue weighted by Crippen LogP contribution is -2.42. The molecule has 1 aromatic rings. The smallest absolute Gasteiger partial charge is 0.282 e. The first-order chi connectivity index (χ1) is 11.6. The van der Waals surface area contributed by atoms with E-state index in [1.54, 1.807) is 0 Å². The minimum Gasteiger partial charge on any atom is -0.454 e. The molecular weight excluding hydrogens is 320 g/mol. The number of hydrogen-bond donors (Lipinski definition) is 1. The highest BCUT2D eigenvalue weighted by molar-refractivity contribution is 5.88. The van der Waals surface area contributed by atoms with E-state index >= 15 is 0 Å². The number of carbonyl (C=O) groups excluding carboxylic acids is 1. The Morgan fingerprint density at radius 2 is 2.04 bits per heavy atom. The molecule has 0 aliphatic carbocycles. The van der Waals surface area contributed by atoms with Gasteiger partial charge in [-0.15, -0.1) is 0 Å². The fraction of sp³-hybridized carbons (Fsp3) is 0.429. The lowest BCUT2D eigenvalue weighted by Gasteiger charge is -2.25. The van der Waals surface area contributed by atoms with E-state index in [9.17, 15) is 14.9 Å². The maximum atomic E-state index is 11.8. The van der Waals surface area contributed by atoms with Crippen LogP contribution in [0.25, 0.3) is 0 Å². The average molecular weight is 336 g/mol. The van der Waals surface area contributed by atoms with Gasteiger partial charge in [-0.05, 0) is 6.07 Å². The molecule has 1 saturated heterocycles. The number of hydrogen-bond acceptors (Lipinski definition) is 8. The van der Waals surface area contributed by atoms with Crippen LogP contribution >= 0.6 is 0 Å². The zero-order valence-corrected chi connectivity index (χ0v) is 12.8. The van der Waals surface area contributed by atoms with Gasteiger partial charge < -0.3 is 14.2 Å². The molecule has 10 heteroatoms. The van der Waals surface area contributed by atoms with Gasteiger partial charge in [0, 0.05) is 13.1 Å². The van der Waals surface area contributed by atoms with Crippen molar-refractivity contribution in [3.8, 4) is 11.5 Å². The minimum absolute atomic E-state index is 0.0172. The van der Waals surface area contributed by atoms with Crippen molar-refractivity contribution in [2.75, 3.05) is 39.6 Å². The number of nitrogens with zero attached hydrogens (tertiary/aromatic N) is 3. The summed E-state index contributed by atoms with van der Waals surface area (Å²) in [6.45, 7) is 2.78. The maximum absolute atomic E-state index is 11.8. The molecule has 0 saturated carbocycles. The number of nitro benzene ring substituents is 1. The van der Waals surface area contributed by atoms with Gasteiger partial charge in [-0.3, -0.25) is 19.8 Å². The van der Waals surface area contributed by atoms with E-state index < -0.39 is 4.92 Å². The van der Waals surface area contributed by atoms with Crippen LogP contribution in [-0.2, 0) is 9.53 Å². The molecule has 0 atom stereocenters. The predicted octanol–water partition coefficient (Wildman–Crippen LogP) is 0.106. The SMILES string of the molecule is O=C(CN1CCOCC1)N/N=C\c1cc2c(cc1[N+](=O)[O-])OCO2. The Hall–Kier alpha value is -2.72. The van der Waals surface area contributed by atoms with Crippen LogP contribution in [0.1, 0.15) is 5.56 Å². The van der Waals surface area contributed by atoms with Crippen LogP contribution in [0, 0.1) is 10.1 Å². The van der Waals surface area contributed by atoms with E-state index in [0.29, 0.717) is 37.8 Å². The van der Waals surface area contributed by atoms with Crippen molar-refractivity contribution in [1.29, 1.82) is 0 Å². The quantitative estimate of drug-likeness (QED) is 0.461. The number of nitro groups is 1. The molecule has 2 heterocycles. The van der Waals surface area contributed by atoms with E-state index in [1.807, 2.05) is 4.90 Å². The van der Waals surface area contributed by atoms with Gasteiger partial charge in [-0.2, -0.15) is 5.10 Å². The third-order valence-electron chi connectivity index (χ3n) is 3.58. The second kappa shape index (κ2) is 7.23. The van der Waals surface area contributed by atoms with Crippen LogP contribution in [0.3, 0.4) is 0 Å². The second-order valence-electron chi connectivity index (χ2n) is 5.20. The van der Waals surface area contributed by atoms with E-state index in [2.05, 4.69) is 10.5 Å². The summed E-state index contributed by atoms with van der Waals surface area (Å²) in [6, 6.07) is 2.73. The van der Waals surface area contributed by atoms with Crippen molar-refractivity contribution in [3.05, 3.63) is 27.8 Å². The molecule has 0 unspecified atom stereocenters. The maximum Gasteiger partial charge on any atom is 0.282 e. The molecule has 1 N–H and O–H groups in total. The van der Waals surface area contributed by atoms with E-state index in [4.69, 9.17) is 14.2 Å². The first-order valence-electron chi connectivity index (χ1n) is 7.33. The molecule has 1 amide bonds. The number of ether oxygens (including phenoxy) is 3. The highest BCUT2D eigenvalue weighted by atomic mass is 16.7. The van der Waals surface area contributed by atoms with Gasteiger partial charge in [-0.25, -0.2) is 5.43 Å². The molecule has 1 fully saturated rings. The van der Waals surface area contributed by atoms with Crippen LogP contribution < -0.4 is 14.9 Å². The fourth-order valence-corrected chi connectivity index (χ4v) is 2.38. The molecule has 0 aromatic heterocycles. The number of benzene rings is 1. The highest BCUT2D eigenvalue weighted by Gasteiger charge is 2.22. The van der Waals surface area contributed by atoms with Crippen molar-refractivity contribution in [1.82, 2.24) is 10.3 Å². The first kappa shape index (κ1) is 16.1. The van der Waals surface area contributed by atoms with Crippen molar-refractivity contribution >= 4 is 17.8 Å². The monoisotopic (exact) mass is 336 g/mol. The predicted molar refractivity (Wildman–Crippen MR) is 82.2 cm³/mol. The normalized spacial score (nSPS) is 17.2. The summed E-state index contributed by atoms with van der Waals surface area (Å²) in [6.07, 6.45) is 1.22. The van der Waals surface area contributed by atoms with Gasteiger partial charge in [0.05, 0.1) is 42.5 Å². The average Bonchev–Trinajstić information content (AvgIpc) is 3.02. The zero-order valence-electron chi connectivity index (χ0n) is 12.8. The number of rotatable bonds is 5. The third-order valence-corrected chi connectivity index (χ3v) is 3.58. The van der Waals surface area contributed by atoms with Gasteiger partial charge in [0.15, 0.2) is 11.5 Å². The Balaban J connectivity index is 1.63. The highest BCUT2D eigenvalue weighted by Crippen LogP contribution is 2.37. The summed E-state index contributed by atoms with van der Waals surface area (Å²) in [7, 11) is 0. The summed E-state index contributed by atoms with van der Waals surface area (Å²) in [4.78, 5) is 24.3. The zero-order chi connectivity index (χ0) is 16.9. The number of fused-ring (bicyclic) bond motifs is 1. The number of carbonyl (C=O) groups is 1.